The van der Waals surface area contributed by atoms with Gasteiger partial charge in [-0.1, -0.05) is 34.1 Å². The fraction of sp³-hybridized carbons (Fsp3) is 0.154. The van der Waals surface area contributed by atoms with Gasteiger partial charge in [0.15, 0.2) is 5.43 Å². The van der Waals surface area contributed by atoms with Gasteiger partial charge in [0.05, 0.1) is 0 Å². The highest BCUT2D eigenvalue weighted by Crippen LogP contribution is 2.11. The second-order valence-corrected chi connectivity index (χ2v) is 4.20. The molecule has 0 saturated carbocycles. The van der Waals surface area contributed by atoms with Crippen LogP contribution in [0.25, 0.3) is 5.69 Å². The Morgan fingerprint density at radius 2 is 1.94 bits per heavy atom. The monoisotopic (exact) mass is 277 g/mol. The number of rotatable bonds is 2. The van der Waals surface area contributed by atoms with Crippen LogP contribution in [0.4, 0.5) is 0 Å². The summed E-state index contributed by atoms with van der Waals surface area (Å²) in [5.41, 5.74) is 2.87. The van der Waals surface area contributed by atoms with Gasteiger partial charge in [-0.15, -0.1) is 0 Å². The van der Waals surface area contributed by atoms with Crippen LogP contribution in [-0.2, 0) is 5.33 Å². The van der Waals surface area contributed by atoms with Crippen molar-refractivity contribution < 1.29 is 0 Å². The molecule has 16 heavy (non-hydrogen) atoms. The SMILES string of the molecule is Cc1cc(=O)c(CBr)cn1-c1ccccc1. The molecule has 0 bridgehead atoms. The number of aromatic nitrogens is 1. The van der Waals surface area contributed by atoms with Crippen molar-refractivity contribution in [1.82, 2.24) is 4.57 Å². The lowest BCUT2D eigenvalue weighted by Crippen LogP contribution is -2.12. The summed E-state index contributed by atoms with van der Waals surface area (Å²) in [7, 11) is 0. The van der Waals surface area contributed by atoms with Gasteiger partial charge in [0.1, 0.15) is 0 Å². The van der Waals surface area contributed by atoms with E-state index in [1.54, 1.807) is 6.07 Å². The van der Waals surface area contributed by atoms with E-state index >= 15 is 0 Å². The summed E-state index contributed by atoms with van der Waals surface area (Å²) in [5, 5.41) is 0.582. The van der Waals surface area contributed by atoms with Crippen molar-refractivity contribution >= 4 is 15.9 Å². The molecule has 1 aromatic carbocycles. The molecule has 3 heteroatoms. The maximum absolute atomic E-state index is 11.6. The highest BCUT2D eigenvalue weighted by atomic mass is 79.9. The molecule has 0 saturated heterocycles. The average molecular weight is 278 g/mol. The van der Waals surface area contributed by atoms with Crippen LogP contribution in [0.5, 0.6) is 0 Å². The number of halogens is 1. The minimum Gasteiger partial charge on any atom is -0.321 e. The third kappa shape index (κ3) is 2.09. The minimum atomic E-state index is 0.0848. The second-order valence-electron chi connectivity index (χ2n) is 3.64. The van der Waals surface area contributed by atoms with Crippen molar-refractivity contribution in [2.24, 2.45) is 0 Å². The molecule has 2 aromatic rings. The lowest BCUT2D eigenvalue weighted by Gasteiger charge is -2.11. The van der Waals surface area contributed by atoms with Crippen molar-refractivity contribution in [2.45, 2.75) is 12.3 Å². The Labute approximate surface area is 103 Å². The van der Waals surface area contributed by atoms with Gasteiger partial charge in [-0.25, -0.2) is 0 Å². The lowest BCUT2D eigenvalue weighted by atomic mass is 10.2. The predicted octanol–water partition coefficient (Wildman–Crippen LogP) is 3.04. The number of alkyl halides is 1. The molecule has 0 N–H and O–H groups in total. The Balaban J connectivity index is 2.62. The van der Waals surface area contributed by atoms with Crippen molar-refractivity contribution in [3.05, 3.63) is 64.1 Å². The van der Waals surface area contributed by atoms with E-state index in [-0.39, 0.29) is 5.43 Å². The van der Waals surface area contributed by atoms with Crippen LogP contribution in [0.2, 0.25) is 0 Å². The second kappa shape index (κ2) is 4.66. The molecule has 1 heterocycles. The van der Waals surface area contributed by atoms with E-state index in [9.17, 15) is 4.79 Å². The van der Waals surface area contributed by atoms with E-state index in [1.807, 2.05) is 48.0 Å². The number of hydrogen-bond donors (Lipinski definition) is 0. The smallest absolute Gasteiger partial charge is 0.185 e. The van der Waals surface area contributed by atoms with Crippen LogP contribution in [0.1, 0.15) is 11.3 Å². The first-order valence-electron chi connectivity index (χ1n) is 5.06. The van der Waals surface area contributed by atoms with Gasteiger partial charge in [0.2, 0.25) is 0 Å². The maximum atomic E-state index is 11.6. The maximum Gasteiger partial charge on any atom is 0.185 e. The molecule has 0 amide bonds. The average Bonchev–Trinajstić information content (AvgIpc) is 2.30. The van der Waals surface area contributed by atoms with Crippen LogP contribution in [0.3, 0.4) is 0 Å². The molecule has 0 aliphatic heterocycles. The van der Waals surface area contributed by atoms with Gasteiger partial charge in [0.25, 0.3) is 0 Å². The van der Waals surface area contributed by atoms with Crippen molar-refractivity contribution in [3.8, 4) is 5.69 Å². The van der Waals surface area contributed by atoms with Crippen molar-refractivity contribution in [3.63, 3.8) is 0 Å². The molecule has 2 rings (SSSR count). The van der Waals surface area contributed by atoms with Crippen LogP contribution < -0.4 is 5.43 Å². The first kappa shape index (κ1) is 11.1. The molecule has 0 aliphatic carbocycles. The summed E-state index contributed by atoms with van der Waals surface area (Å²) in [4.78, 5) is 11.6. The molecule has 0 atom stereocenters. The quantitative estimate of drug-likeness (QED) is 0.774. The van der Waals surface area contributed by atoms with Crippen LogP contribution >= 0.6 is 15.9 Å². The van der Waals surface area contributed by atoms with Crippen LogP contribution in [-0.4, -0.2) is 4.57 Å². The van der Waals surface area contributed by atoms with E-state index in [1.165, 1.54) is 0 Å². The highest BCUT2D eigenvalue weighted by molar-refractivity contribution is 9.08. The molecule has 0 fully saturated rings. The fourth-order valence-electron chi connectivity index (χ4n) is 1.64. The van der Waals surface area contributed by atoms with Gasteiger partial charge in [-0.2, -0.15) is 0 Å². The zero-order valence-corrected chi connectivity index (χ0v) is 10.6. The molecular weight excluding hydrogens is 266 g/mol. The van der Waals surface area contributed by atoms with E-state index < -0.39 is 0 Å². The molecule has 0 unspecified atom stereocenters. The Bertz CT molecular complexity index is 546. The van der Waals surface area contributed by atoms with E-state index in [2.05, 4.69) is 15.9 Å². The van der Waals surface area contributed by atoms with Crippen LogP contribution in [0, 0.1) is 6.92 Å². The number of hydrogen-bond acceptors (Lipinski definition) is 1. The van der Waals surface area contributed by atoms with Gasteiger partial charge in [-0.05, 0) is 19.1 Å². The number of pyridine rings is 1. The summed E-state index contributed by atoms with van der Waals surface area (Å²) in [6, 6.07) is 11.7. The van der Waals surface area contributed by atoms with E-state index in [0.717, 1.165) is 16.9 Å². The Kier molecular flexibility index (Phi) is 3.25. The number of benzene rings is 1. The zero-order valence-electron chi connectivity index (χ0n) is 8.98. The molecule has 2 nitrogen and oxygen atoms in total. The third-order valence-electron chi connectivity index (χ3n) is 2.50. The molecule has 82 valence electrons. The summed E-state index contributed by atoms with van der Waals surface area (Å²) >= 11 is 3.33. The summed E-state index contributed by atoms with van der Waals surface area (Å²) in [6.07, 6.45) is 1.89. The van der Waals surface area contributed by atoms with Gasteiger partial charge >= 0.3 is 0 Å². The molecule has 0 spiro atoms. The fourth-order valence-corrected chi connectivity index (χ4v) is 2.06. The molecule has 1 aromatic heterocycles. The summed E-state index contributed by atoms with van der Waals surface area (Å²) < 4.78 is 2.03. The Morgan fingerprint density at radius 3 is 2.56 bits per heavy atom. The number of para-hydroxylation sites is 1. The molecule has 0 aliphatic rings. The zero-order chi connectivity index (χ0) is 11.5. The van der Waals surface area contributed by atoms with E-state index in [4.69, 9.17) is 0 Å². The first-order chi connectivity index (χ1) is 7.72. The van der Waals surface area contributed by atoms with Crippen molar-refractivity contribution in [1.29, 1.82) is 0 Å². The topological polar surface area (TPSA) is 22.0 Å². The lowest BCUT2D eigenvalue weighted by molar-refractivity contribution is 0.957. The summed E-state index contributed by atoms with van der Waals surface area (Å²) in [5.74, 6) is 0. The molecule has 0 radical (unpaired) electrons. The Hall–Kier alpha value is -1.35. The number of aryl methyl sites for hydroxylation is 1. The number of nitrogens with zero attached hydrogens (tertiary/aromatic N) is 1. The van der Waals surface area contributed by atoms with Gasteiger partial charge in [-0.3, -0.25) is 4.79 Å². The molecular formula is C13H12BrNO. The van der Waals surface area contributed by atoms with Crippen molar-refractivity contribution in [2.75, 3.05) is 0 Å². The standard InChI is InChI=1S/C13H12BrNO/c1-10-7-13(16)11(8-14)9-15(10)12-5-3-2-4-6-12/h2-7,9H,8H2,1H3. The minimum absolute atomic E-state index is 0.0848. The predicted molar refractivity (Wildman–Crippen MR) is 69.4 cm³/mol. The summed E-state index contributed by atoms with van der Waals surface area (Å²) in [6.45, 7) is 1.94. The van der Waals surface area contributed by atoms with Gasteiger partial charge < -0.3 is 4.57 Å². The largest absolute Gasteiger partial charge is 0.321 e. The first-order valence-corrected chi connectivity index (χ1v) is 6.18. The van der Waals surface area contributed by atoms with E-state index in [0.29, 0.717) is 5.33 Å². The van der Waals surface area contributed by atoms with Gasteiger partial charge in [0, 0.05) is 34.5 Å². The highest BCUT2D eigenvalue weighted by Gasteiger charge is 2.03. The van der Waals surface area contributed by atoms with Crippen LogP contribution in [0.15, 0.2) is 47.4 Å². The third-order valence-corrected chi connectivity index (χ3v) is 3.10. The Morgan fingerprint density at radius 1 is 1.25 bits per heavy atom. The normalized spacial score (nSPS) is 10.4.